The van der Waals surface area contributed by atoms with E-state index in [9.17, 15) is 13.2 Å². The van der Waals surface area contributed by atoms with Crippen molar-refractivity contribution in [2.24, 2.45) is 5.73 Å². The lowest BCUT2D eigenvalue weighted by atomic mass is 9.95. The Morgan fingerprint density at radius 2 is 1.62 bits per heavy atom. The molecule has 2 N–H and O–H groups in total. The van der Waals surface area contributed by atoms with E-state index in [0.29, 0.717) is 18.1 Å². The average Bonchev–Trinajstić information content (AvgIpc) is 3.25. The van der Waals surface area contributed by atoms with Gasteiger partial charge in [-0.2, -0.15) is 18.2 Å². The van der Waals surface area contributed by atoms with Gasteiger partial charge in [-0.05, 0) is 42.2 Å². The zero-order valence-corrected chi connectivity index (χ0v) is 18.4. The number of rotatable bonds is 11. The van der Waals surface area contributed by atoms with Crippen LogP contribution in [0.3, 0.4) is 0 Å². The number of nitrogens with zero attached hydrogens (tertiary/aromatic N) is 2. The third-order valence-corrected chi connectivity index (χ3v) is 5.54. The molecule has 0 saturated heterocycles. The lowest BCUT2D eigenvalue weighted by molar-refractivity contribution is -0.138. The quantitative estimate of drug-likeness (QED) is 0.326. The number of aryl methyl sites for hydroxylation is 1. The molecule has 0 saturated carbocycles. The van der Waals surface area contributed by atoms with Crippen LogP contribution in [0.5, 0.6) is 0 Å². The third-order valence-electron chi connectivity index (χ3n) is 5.54. The highest BCUT2D eigenvalue weighted by molar-refractivity contribution is 5.53. The van der Waals surface area contributed by atoms with Crippen LogP contribution in [0.25, 0.3) is 11.5 Å². The van der Waals surface area contributed by atoms with E-state index >= 15 is 0 Å². The third kappa shape index (κ3) is 6.66. The van der Waals surface area contributed by atoms with Crippen LogP contribution in [0.4, 0.5) is 13.2 Å². The molecule has 0 aliphatic heterocycles. The summed E-state index contributed by atoms with van der Waals surface area (Å²) in [4.78, 5) is 4.46. The number of nitrogens with two attached hydrogens (primary N) is 1. The first kappa shape index (κ1) is 24.0. The number of hydrogen-bond acceptors (Lipinski definition) is 4. The first-order chi connectivity index (χ1) is 15.4. The van der Waals surface area contributed by atoms with E-state index in [0.717, 1.165) is 36.5 Å². The lowest BCUT2D eigenvalue weighted by Crippen LogP contribution is -2.19. The van der Waals surface area contributed by atoms with Gasteiger partial charge in [-0.3, -0.25) is 0 Å². The largest absolute Gasteiger partial charge is 0.416 e. The molecule has 0 fully saturated rings. The molecule has 2 aromatic carbocycles. The van der Waals surface area contributed by atoms with Gasteiger partial charge in [-0.1, -0.05) is 74.5 Å². The molecule has 0 spiro atoms. The summed E-state index contributed by atoms with van der Waals surface area (Å²) in [5, 5.41) is 4.06. The molecule has 1 aromatic heterocycles. The average molecular weight is 446 g/mol. The van der Waals surface area contributed by atoms with E-state index in [1.807, 2.05) is 24.3 Å². The first-order valence-corrected chi connectivity index (χ1v) is 11.2. The molecule has 3 aromatic rings. The molecular weight excluding hydrogens is 415 g/mol. The SMILES string of the molecule is CCCCCCCCc1noc(-c2ccc(CC(N)c3ccccc3C(F)(F)F)cc2)n1. The highest BCUT2D eigenvalue weighted by Crippen LogP contribution is 2.34. The van der Waals surface area contributed by atoms with Gasteiger partial charge in [-0.15, -0.1) is 0 Å². The minimum Gasteiger partial charge on any atom is -0.334 e. The Labute approximate surface area is 187 Å². The summed E-state index contributed by atoms with van der Waals surface area (Å²) >= 11 is 0. The van der Waals surface area contributed by atoms with Crippen LogP contribution >= 0.6 is 0 Å². The monoisotopic (exact) mass is 445 g/mol. The van der Waals surface area contributed by atoms with Crippen molar-refractivity contribution in [1.29, 1.82) is 0 Å². The summed E-state index contributed by atoms with van der Waals surface area (Å²) in [6.07, 6.45) is 3.88. The van der Waals surface area contributed by atoms with Crippen molar-refractivity contribution in [2.45, 2.75) is 70.5 Å². The zero-order chi connectivity index (χ0) is 23.0. The van der Waals surface area contributed by atoms with Gasteiger partial charge in [0, 0.05) is 18.0 Å². The molecule has 0 bridgehead atoms. The molecule has 4 nitrogen and oxygen atoms in total. The van der Waals surface area contributed by atoms with Gasteiger partial charge in [0.2, 0.25) is 0 Å². The molecule has 1 heterocycles. The Morgan fingerprint density at radius 3 is 2.34 bits per heavy atom. The van der Waals surface area contributed by atoms with Gasteiger partial charge in [0.05, 0.1) is 5.56 Å². The Kier molecular flexibility index (Phi) is 8.45. The second-order valence-corrected chi connectivity index (χ2v) is 8.13. The predicted molar refractivity (Wildman–Crippen MR) is 119 cm³/mol. The Morgan fingerprint density at radius 1 is 0.938 bits per heavy atom. The minimum atomic E-state index is -4.43. The standard InChI is InChI=1S/C25H30F3N3O/c1-2-3-4-5-6-7-12-23-30-24(32-31-23)19-15-13-18(14-16-19)17-22(29)20-10-8-9-11-21(20)25(26,27)28/h8-11,13-16,22H,2-7,12,17,29H2,1H3. The van der Waals surface area contributed by atoms with Crippen LogP contribution in [-0.4, -0.2) is 10.1 Å². The predicted octanol–water partition coefficient (Wildman–Crippen LogP) is 6.90. The highest BCUT2D eigenvalue weighted by atomic mass is 19.4. The Hall–Kier alpha value is -2.67. The maximum absolute atomic E-state index is 13.3. The molecule has 3 rings (SSSR count). The van der Waals surface area contributed by atoms with Crippen molar-refractivity contribution in [1.82, 2.24) is 10.1 Å². The van der Waals surface area contributed by atoms with Crippen LogP contribution in [0, 0.1) is 0 Å². The lowest BCUT2D eigenvalue weighted by Gasteiger charge is -2.18. The topological polar surface area (TPSA) is 64.9 Å². The molecule has 32 heavy (non-hydrogen) atoms. The molecule has 0 radical (unpaired) electrons. The molecule has 1 unspecified atom stereocenters. The maximum Gasteiger partial charge on any atom is 0.416 e. The van der Waals surface area contributed by atoms with Crippen molar-refractivity contribution >= 4 is 0 Å². The van der Waals surface area contributed by atoms with Crippen LogP contribution in [-0.2, 0) is 19.0 Å². The van der Waals surface area contributed by atoms with E-state index < -0.39 is 17.8 Å². The van der Waals surface area contributed by atoms with Crippen molar-refractivity contribution in [3.05, 3.63) is 71.0 Å². The van der Waals surface area contributed by atoms with Crippen LogP contribution < -0.4 is 5.73 Å². The number of unbranched alkanes of at least 4 members (excludes halogenated alkanes) is 5. The summed E-state index contributed by atoms with van der Waals surface area (Å²) in [6, 6.07) is 12.0. The fraction of sp³-hybridized carbons (Fsp3) is 0.440. The van der Waals surface area contributed by atoms with Crippen LogP contribution in [0.15, 0.2) is 53.1 Å². The van der Waals surface area contributed by atoms with Crippen LogP contribution in [0.1, 0.15) is 74.0 Å². The Bertz CT molecular complexity index is 967. The van der Waals surface area contributed by atoms with Crippen molar-refractivity contribution in [3.63, 3.8) is 0 Å². The van der Waals surface area contributed by atoms with Crippen molar-refractivity contribution in [2.75, 3.05) is 0 Å². The Balaban J connectivity index is 1.57. The number of halogens is 3. The summed E-state index contributed by atoms with van der Waals surface area (Å²) in [7, 11) is 0. The first-order valence-electron chi connectivity index (χ1n) is 11.2. The second kappa shape index (κ2) is 11.3. The summed E-state index contributed by atoms with van der Waals surface area (Å²) in [5.41, 5.74) is 7.15. The molecular formula is C25H30F3N3O. The van der Waals surface area contributed by atoms with Gasteiger partial charge in [0.15, 0.2) is 5.82 Å². The normalized spacial score (nSPS) is 12.8. The number of benzene rings is 2. The number of alkyl halides is 3. The molecule has 7 heteroatoms. The summed E-state index contributed by atoms with van der Waals surface area (Å²) in [5.74, 6) is 1.15. The van der Waals surface area contributed by atoms with E-state index in [4.69, 9.17) is 10.3 Å². The zero-order valence-electron chi connectivity index (χ0n) is 18.4. The molecule has 172 valence electrons. The number of hydrogen-bond donors (Lipinski definition) is 1. The van der Waals surface area contributed by atoms with Gasteiger partial charge < -0.3 is 10.3 Å². The van der Waals surface area contributed by atoms with Crippen molar-refractivity contribution < 1.29 is 17.7 Å². The van der Waals surface area contributed by atoms with E-state index in [1.54, 1.807) is 6.07 Å². The van der Waals surface area contributed by atoms with Gasteiger partial charge in [0.25, 0.3) is 5.89 Å². The van der Waals surface area contributed by atoms with Gasteiger partial charge >= 0.3 is 6.18 Å². The second-order valence-electron chi connectivity index (χ2n) is 8.13. The van der Waals surface area contributed by atoms with E-state index in [2.05, 4.69) is 17.1 Å². The highest BCUT2D eigenvalue weighted by Gasteiger charge is 2.34. The molecule has 0 amide bonds. The smallest absolute Gasteiger partial charge is 0.334 e. The summed E-state index contributed by atoms with van der Waals surface area (Å²) < 4.78 is 45.2. The molecule has 0 aliphatic carbocycles. The van der Waals surface area contributed by atoms with Crippen LogP contribution in [0.2, 0.25) is 0 Å². The van der Waals surface area contributed by atoms with Crippen molar-refractivity contribution in [3.8, 4) is 11.5 Å². The minimum absolute atomic E-state index is 0.0975. The fourth-order valence-corrected chi connectivity index (χ4v) is 3.76. The van der Waals surface area contributed by atoms with E-state index in [1.165, 1.54) is 37.8 Å². The molecule has 1 atom stereocenters. The molecule has 0 aliphatic rings. The fourth-order valence-electron chi connectivity index (χ4n) is 3.76. The maximum atomic E-state index is 13.3. The van der Waals surface area contributed by atoms with Gasteiger partial charge in [0.1, 0.15) is 0 Å². The summed E-state index contributed by atoms with van der Waals surface area (Å²) in [6.45, 7) is 2.20. The van der Waals surface area contributed by atoms with E-state index in [-0.39, 0.29) is 5.56 Å². The number of aromatic nitrogens is 2. The van der Waals surface area contributed by atoms with Gasteiger partial charge in [-0.25, -0.2) is 0 Å².